The van der Waals surface area contributed by atoms with Crippen molar-refractivity contribution in [2.45, 2.75) is 19.3 Å². The molecule has 0 N–H and O–H groups in total. The van der Waals surface area contributed by atoms with Crippen molar-refractivity contribution in [3.8, 4) is 55.6 Å². The lowest BCUT2D eigenvalue weighted by Crippen LogP contribution is -2.18. The molecule has 0 radical (unpaired) electrons. The third kappa shape index (κ3) is 7.89. The van der Waals surface area contributed by atoms with Gasteiger partial charge in [0.25, 0.3) is 0 Å². The van der Waals surface area contributed by atoms with Crippen molar-refractivity contribution in [1.29, 1.82) is 0 Å². The van der Waals surface area contributed by atoms with Crippen LogP contribution in [0.25, 0.3) is 99.1 Å². The SMILES string of the molecule is CC1(C)c2cc(N(c3ccc(-c4ccccc4)cc3)c3ccc(-c4cccc5ccccc45)cc3)ccc2-c2c1cc(N(c1ccc(-c3ccccc3)cc1)c1ccc(-c3cccc4ccccc34)cc1)c1c2oc2ccccc21. The highest BCUT2D eigenvalue weighted by atomic mass is 16.3. The van der Waals surface area contributed by atoms with Gasteiger partial charge in [-0.3, -0.25) is 0 Å². The summed E-state index contributed by atoms with van der Waals surface area (Å²) in [7, 11) is 0. The summed E-state index contributed by atoms with van der Waals surface area (Å²) in [6.07, 6.45) is 0. The number of nitrogens with zero attached hydrogens (tertiary/aromatic N) is 2. The monoisotopic (exact) mass is 1020 g/mol. The van der Waals surface area contributed by atoms with Crippen LogP contribution in [0.3, 0.4) is 0 Å². The predicted octanol–water partition coefficient (Wildman–Crippen LogP) is 21.8. The third-order valence-corrected chi connectivity index (χ3v) is 16.7. The number of para-hydroxylation sites is 1. The molecule has 13 aromatic carbocycles. The molecule has 0 spiro atoms. The summed E-state index contributed by atoms with van der Waals surface area (Å²) in [5.41, 5.74) is 22.1. The molecule has 1 aliphatic rings. The molecular formula is C77H54N2O. The fourth-order valence-corrected chi connectivity index (χ4v) is 12.6. The molecule has 0 atom stereocenters. The fraction of sp³-hybridized carbons (Fsp3) is 0.0390. The van der Waals surface area contributed by atoms with Gasteiger partial charge in [-0.1, -0.05) is 232 Å². The van der Waals surface area contributed by atoms with E-state index in [4.69, 9.17) is 4.42 Å². The van der Waals surface area contributed by atoms with E-state index < -0.39 is 5.41 Å². The maximum atomic E-state index is 7.20. The number of furan rings is 1. The van der Waals surface area contributed by atoms with Gasteiger partial charge in [0.1, 0.15) is 11.2 Å². The molecule has 0 aliphatic heterocycles. The highest BCUT2D eigenvalue weighted by Gasteiger charge is 2.40. The topological polar surface area (TPSA) is 19.6 Å². The Bertz CT molecular complexity index is 4620. The Labute approximate surface area is 466 Å². The maximum absolute atomic E-state index is 7.20. The van der Waals surface area contributed by atoms with E-state index in [1.165, 1.54) is 82.7 Å². The Morgan fingerprint density at radius 1 is 0.300 bits per heavy atom. The summed E-state index contributed by atoms with van der Waals surface area (Å²) < 4.78 is 7.20. The van der Waals surface area contributed by atoms with Crippen molar-refractivity contribution in [3.05, 3.63) is 302 Å². The van der Waals surface area contributed by atoms with Gasteiger partial charge < -0.3 is 14.2 Å². The molecule has 378 valence electrons. The van der Waals surface area contributed by atoms with Gasteiger partial charge in [-0.05, 0) is 156 Å². The first-order chi connectivity index (χ1) is 39.4. The van der Waals surface area contributed by atoms with E-state index in [1.54, 1.807) is 0 Å². The zero-order valence-corrected chi connectivity index (χ0v) is 44.5. The number of anilines is 6. The van der Waals surface area contributed by atoms with Crippen LogP contribution in [0, 0.1) is 0 Å². The summed E-state index contributed by atoms with van der Waals surface area (Å²) in [6, 6.07) is 106. The van der Waals surface area contributed by atoms with Gasteiger partial charge in [0.2, 0.25) is 0 Å². The lowest BCUT2D eigenvalue weighted by atomic mass is 9.81. The normalized spacial score (nSPS) is 12.5. The van der Waals surface area contributed by atoms with E-state index in [0.717, 1.165) is 61.6 Å². The molecule has 0 amide bonds. The van der Waals surface area contributed by atoms with Crippen LogP contribution in [-0.4, -0.2) is 0 Å². The third-order valence-electron chi connectivity index (χ3n) is 16.7. The number of benzene rings is 13. The number of rotatable bonds is 10. The fourth-order valence-electron chi connectivity index (χ4n) is 12.6. The van der Waals surface area contributed by atoms with Gasteiger partial charge in [0.05, 0.1) is 11.1 Å². The minimum Gasteiger partial charge on any atom is -0.455 e. The van der Waals surface area contributed by atoms with Crippen LogP contribution in [-0.2, 0) is 5.41 Å². The molecule has 1 heterocycles. The van der Waals surface area contributed by atoms with Gasteiger partial charge in [0, 0.05) is 44.8 Å². The van der Waals surface area contributed by atoms with E-state index in [-0.39, 0.29) is 0 Å². The van der Waals surface area contributed by atoms with Crippen molar-refractivity contribution < 1.29 is 4.42 Å². The maximum Gasteiger partial charge on any atom is 0.145 e. The van der Waals surface area contributed by atoms with Crippen molar-refractivity contribution in [2.75, 3.05) is 9.80 Å². The highest BCUT2D eigenvalue weighted by Crippen LogP contribution is 2.57. The predicted molar refractivity (Wildman–Crippen MR) is 337 cm³/mol. The number of hydrogen-bond donors (Lipinski definition) is 0. The van der Waals surface area contributed by atoms with Gasteiger partial charge >= 0.3 is 0 Å². The molecule has 0 fully saturated rings. The Hall–Kier alpha value is -10.2. The second-order valence-corrected chi connectivity index (χ2v) is 21.6. The Kier molecular flexibility index (Phi) is 11.2. The molecule has 3 nitrogen and oxygen atoms in total. The smallest absolute Gasteiger partial charge is 0.145 e. The minimum atomic E-state index is -0.426. The largest absolute Gasteiger partial charge is 0.455 e. The Morgan fingerprint density at radius 3 is 1.24 bits per heavy atom. The lowest BCUT2D eigenvalue weighted by Gasteiger charge is -2.30. The van der Waals surface area contributed by atoms with Crippen LogP contribution >= 0.6 is 0 Å². The van der Waals surface area contributed by atoms with E-state index in [9.17, 15) is 0 Å². The van der Waals surface area contributed by atoms with Gasteiger partial charge in [0.15, 0.2) is 0 Å². The molecule has 0 unspecified atom stereocenters. The molecule has 80 heavy (non-hydrogen) atoms. The van der Waals surface area contributed by atoms with Crippen molar-refractivity contribution in [1.82, 2.24) is 0 Å². The summed E-state index contributed by atoms with van der Waals surface area (Å²) in [5, 5.41) is 7.12. The average molecular weight is 1020 g/mol. The van der Waals surface area contributed by atoms with E-state index in [0.29, 0.717) is 0 Å². The summed E-state index contributed by atoms with van der Waals surface area (Å²) in [4.78, 5) is 4.85. The van der Waals surface area contributed by atoms with Crippen LogP contribution in [0.15, 0.2) is 296 Å². The van der Waals surface area contributed by atoms with E-state index >= 15 is 0 Å². The first-order valence-electron chi connectivity index (χ1n) is 27.6. The quantitative estimate of drug-likeness (QED) is 0.136. The number of hydrogen-bond acceptors (Lipinski definition) is 3. The van der Waals surface area contributed by atoms with Crippen molar-refractivity contribution in [3.63, 3.8) is 0 Å². The molecule has 14 aromatic rings. The number of fused-ring (bicyclic) bond motifs is 9. The first-order valence-corrected chi connectivity index (χ1v) is 27.6. The van der Waals surface area contributed by atoms with Crippen LogP contribution < -0.4 is 9.80 Å². The van der Waals surface area contributed by atoms with Gasteiger partial charge in [-0.15, -0.1) is 0 Å². The summed E-state index contributed by atoms with van der Waals surface area (Å²) in [6.45, 7) is 4.77. The minimum absolute atomic E-state index is 0.426. The molecular weight excluding hydrogens is 969 g/mol. The second kappa shape index (κ2) is 19.1. The standard InChI is InChI=1S/C77H54N2O/c1-77(2)70-49-63(78(59-39-31-53(32-40-59)51-17-5-3-6-18-51)60-43-35-57(36-44-60)66-28-15-23-55-21-9-11-25-64(55)66)47-48-68(70)74-71(77)50-72(75-69-27-13-14-30-73(69)80-76(74)75)79(61-41-33-54(34-42-61)52-19-7-4-8-20-52)62-45-37-58(38-46-62)67-29-16-24-56-22-10-12-26-65(56)67/h3-50H,1-2H3. The Balaban J connectivity index is 0.892. The van der Waals surface area contributed by atoms with E-state index in [2.05, 4.69) is 315 Å². The van der Waals surface area contributed by atoms with E-state index in [1.807, 2.05) is 0 Å². The molecule has 0 bridgehead atoms. The molecule has 1 aliphatic carbocycles. The molecule has 3 heteroatoms. The second-order valence-electron chi connectivity index (χ2n) is 21.6. The van der Waals surface area contributed by atoms with Crippen LogP contribution in [0.1, 0.15) is 25.0 Å². The summed E-state index contributed by atoms with van der Waals surface area (Å²) in [5.74, 6) is 0. The van der Waals surface area contributed by atoms with Crippen LogP contribution in [0.4, 0.5) is 34.1 Å². The lowest BCUT2D eigenvalue weighted by molar-refractivity contribution is 0.653. The van der Waals surface area contributed by atoms with Crippen LogP contribution in [0.5, 0.6) is 0 Å². The average Bonchev–Trinajstić information content (AvgIpc) is 3.78. The molecule has 0 saturated heterocycles. The molecule has 1 aromatic heterocycles. The molecule has 0 saturated carbocycles. The van der Waals surface area contributed by atoms with Gasteiger partial charge in [-0.25, -0.2) is 0 Å². The zero-order valence-electron chi connectivity index (χ0n) is 44.5. The van der Waals surface area contributed by atoms with Crippen LogP contribution in [0.2, 0.25) is 0 Å². The van der Waals surface area contributed by atoms with Crippen molar-refractivity contribution >= 4 is 77.6 Å². The summed E-state index contributed by atoms with van der Waals surface area (Å²) >= 11 is 0. The van der Waals surface area contributed by atoms with Crippen molar-refractivity contribution in [2.24, 2.45) is 0 Å². The van der Waals surface area contributed by atoms with Gasteiger partial charge in [-0.2, -0.15) is 0 Å². The Morgan fingerprint density at radius 2 is 0.713 bits per heavy atom. The zero-order chi connectivity index (χ0) is 53.3. The first kappa shape index (κ1) is 47.0. The highest BCUT2D eigenvalue weighted by molar-refractivity contribution is 6.19. The molecule has 15 rings (SSSR count).